The topological polar surface area (TPSA) is 114 Å². The number of carbonyl (C=O) groups is 3. The van der Waals surface area contributed by atoms with Crippen molar-refractivity contribution in [1.82, 2.24) is 0 Å². The molecule has 19 heavy (non-hydrogen) atoms. The molecule has 4 unspecified atom stereocenters. The minimum atomic E-state index is -1.05. The van der Waals surface area contributed by atoms with Crippen LogP contribution in [0.5, 0.6) is 0 Å². The molecule has 1 fully saturated rings. The number of ether oxygens (including phenoxy) is 4. The highest BCUT2D eigenvalue weighted by molar-refractivity contribution is 5.68. The second kappa shape index (κ2) is 6.48. The zero-order valence-corrected chi connectivity index (χ0v) is 11.0. The van der Waals surface area contributed by atoms with Gasteiger partial charge in [-0.1, -0.05) is 0 Å². The van der Waals surface area contributed by atoms with Crippen LogP contribution in [0.2, 0.25) is 0 Å². The van der Waals surface area contributed by atoms with Gasteiger partial charge in [0.25, 0.3) is 0 Å². The van der Waals surface area contributed by atoms with Crippen molar-refractivity contribution >= 4 is 17.9 Å². The van der Waals surface area contributed by atoms with E-state index >= 15 is 0 Å². The van der Waals surface area contributed by atoms with Gasteiger partial charge >= 0.3 is 17.9 Å². The molecule has 0 saturated carbocycles. The lowest BCUT2D eigenvalue weighted by molar-refractivity contribution is -0.235. The van der Waals surface area contributed by atoms with Crippen LogP contribution in [-0.2, 0) is 33.3 Å². The van der Waals surface area contributed by atoms with Crippen LogP contribution in [0.25, 0.3) is 0 Å². The molecular weight excluding hydrogens is 258 g/mol. The summed E-state index contributed by atoms with van der Waals surface area (Å²) < 4.78 is 20.0. The van der Waals surface area contributed by atoms with Crippen LogP contribution < -0.4 is 5.73 Å². The van der Waals surface area contributed by atoms with Crippen molar-refractivity contribution in [2.75, 3.05) is 6.61 Å². The highest BCUT2D eigenvalue weighted by Crippen LogP contribution is 2.21. The maximum Gasteiger partial charge on any atom is 0.304 e. The summed E-state index contributed by atoms with van der Waals surface area (Å²) in [6.07, 6.45) is -2.81. The molecule has 108 valence electrons. The van der Waals surface area contributed by atoms with Gasteiger partial charge in [-0.15, -0.1) is 0 Å². The first-order valence-electron chi connectivity index (χ1n) is 5.70. The van der Waals surface area contributed by atoms with Gasteiger partial charge in [-0.25, -0.2) is 0 Å². The molecule has 0 radical (unpaired) electrons. The van der Waals surface area contributed by atoms with Gasteiger partial charge in [-0.3, -0.25) is 14.4 Å². The molecule has 0 aromatic rings. The minimum absolute atomic E-state index is 0.0802. The van der Waals surface area contributed by atoms with E-state index in [4.69, 9.17) is 24.7 Å². The van der Waals surface area contributed by atoms with Crippen LogP contribution in [0.1, 0.15) is 20.8 Å². The average molecular weight is 275 g/mol. The van der Waals surface area contributed by atoms with E-state index < -0.39 is 42.4 Å². The Bertz CT molecular complexity index is 370. The van der Waals surface area contributed by atoms with E-state index in [0.717, 1.165) is 0 Å². The van der Waals surface area contributed by atoms with Gasteiger partial charge in [0.1, 0.15) is 6.04 Å². The molecule has 1 saturated heterocycles. The normalized spacial score (nSPS) is 30.3. The van der Waals surface area contributed by atoms with Crippen molar-refractivity contribution in [3.63, 3.8) is 0 Å². The molecule has 0 aromatic heterocycles. The highest BCUT2D eigenvalue weighted by atomic mass is 16.7. The quantitative estimate of drug-likeness (QED) is 0.520. The maximum absolute atomic E-state index is 11.1. The standard InChI is InChI=1S/C11H17NO7/c1-5(13)17-8-4-16-11(19-7(3)15)9(12)10(8)18-6(2)14/h8-11H,4,12H2,1-3H3. The fraction of sp³-hybridized carbons (Fsp3) is 0.727. The molecule has 1 aliphatic heterocycles. The molecule has 2 N–H and O–H groups in total. The van der Waals surface area contributed by atoms with Gasteiger partial charge < -0.3 is 24.7 Å². The molecule has 1 heterocycles. The Morgan fingerprint density at radius 1 is 1.00 bits per heavy atom. The summed E-state index contributed by atoms with van der Waals surface area (Å²) in [6.45, 7) is 3.54. The molecule has 1 aliphatic rings. The van der Waals surface area contributed by atoms with E-state index in [9.17, 15) is 14.4 Å². The first kappa shape index (κ1) is 15.4. The molecule has 0 amide bonds. The monoisotopic (exact) mass is 275 g/mol. The number of rotatable bonds is 3. The lowest BCUT2D eigenvalue weighted by Crippen LogP contribution is -2.60. The van der Waals surface area contributed by atoms with Gasteiger partial charge in [-0.05, 0) is 0 Å². The SMILES string of the molecule is CC(=O)OC1COC(OC(C)=O)C(N)C1OC(C)=O. The Hall–Kier alpha value is -1.67. The molecule has 0 aromatic carbocycles. The van der Waals surface area contributed by atoms with E-state index in [1.54, 1.807) is 0 Å². The van der Waals surface area contributed by atoms with E-state index in [2.05, 4.69) is 0 Å². The summed E-state index contributed by atoms with van der Waals surface area (Å²) in [5.74, 6) is -1.71. The lowest BCUT2D eigenvalue weighted by Gasteiger charge is -2.38. The summed E-state index contributed by atoms with van der Waals surface area (Å²) in [5, 5.41) is 0. The number of nitrogens with two attached hydrogens (primary N) is 1. The molecular formula is C11H17NO7. The van der Waals surface area contributed by atoms with Gasteiger partial charge in [-0.2, -0.15) is 0 Å². The molecule has 0 aliphatic carbocycles. The summed E-state index contributed by atoms with van der Waals surface area (Å²) >= 11 is 0. The van der Waals surface area contributed by atoms with E-state index in [0.29, 0.717) is 0 Å². The van der Waals surface area contributed by atoms with Crippen LogP contribution in [-0.4, -0.2) is 49.1 Å². The predicted molar refractivity (Wildman–Crippen MR) is 60.6 cm³/mol. The summed E-state index contributed by atoms with van der Waals surface area (Å²) in [5.41, 5.74) is 5.82. The predicted octanol–water partition coefficient (Wildman–Crippen LogP) is -0.903. The van der Waals surface area contributed by atoms with Gasteiger partial charge in [0.15, 0.2) is 12.2 Å². The number of hydrogen-bond donors (Lipinski definition) is 1. The molecule has 0 spiro atoms. The Kier molecular flexibility index (Phi) is 5.25. The first-order chi connectivity index (χ1) is 8.81. The van der Waals surface area contributed by atoms with Crippen molar-refractivity contribution in [1.29, 1.82) is 0 Å². The zero-order chi connectivity index (χ0) is 14.6. The van der Waals surface area contributed by atoms with Gasteiger partial charge in [0.05, 0.1) is 6.61 Å². The molecule has 0 bridgehead atoms. The maximum atomic E-state index is 11.1. The smallest absolute Gasteiger partial charge is 0.304 e. The van der Waals surface area contributed by atoms with Crippen LogP contribution in [0.4, 0.5) is 0 Å². The molecule has 8 nitrogen and oxygen atoms in total. The molecule has 1 rings (SSSR count). The molecule has 4 atom stereocenters. The Morgan fingerprint density at radius 3 is 2.00 bits per heavy atom. The third kappa shape index (κ3) is 4.49. The number of hydrogen-bond acceptors (Lipinski definition) is 8. The summed E-state index contributed by atoms with van der Waals surface area (Å²) in [6, 6.07) is -0.939. The Morgan fingerprint density at radius 2 is 1.53 bits per heavy atom. The van der Waals surface area contributed by atoms with Crippen molar-refractivity contribution in [2.24, 2.45) is 5.73 Å². The summed E-state index contributed by atoms with van der Waals surface area (Å²) in [7, 11) is 0. The average Bonchev–Trinajstić information content (AvgIpc) is 2.26. The second-order valence-corrected chi connectivity index (χ2v) is 4.11. The van der Waals surface area contributed by atoms with E-state index in [1.165, 1.54) is 20.8 Å². The summed E-state index contributed by atoms with van der Waals surface area (Å²) in [4.78, 5) is 32.9. The van der Waals surface area contributed by atoms with Gasteiger partial charge in [0, 0.05) is 20.8 Å². The van der Waals surface area contributed by atoms with Crippen molar-refractivity contribution in [3.05, 3.63) is 0 Å². The number of carbonyl (C=O) groups excluding carboxylic acids is 3. The van der Waals surface area contributed by atoms with Gasteiger partial charge in [0.2, 0.25) is 6.29 Å². The van der Waals surface area contributed by atoms with Crippen LogP contribution in [0.15, 0.2) is 0 Å². The second-order valence-electron chi connectivity index (χ2n) is 4.11. The zero-order valence-electron chi connectivity index (χ0n) is 11.0. The van der Waals surface area contributed by atoms with Crippen molar-refractivity contribution < 1.29 is 33.3 Å². The lowest BCUT2D eigenvalue weighted by atomic mass is 10.0. The van der Waals surface area contributed by atoms with E-state index in [-0.39, 0.29) is 6.61 Å². The fourth-order valence-corrected chi connectivity index (χ4v) is 1.73. The highest BCUT2D eigenvalue weighted by Gasteiger charge is 2.44. The van der Waals surface area contributed by atoms with Crippen LogP contribution in [0.3, 0.4) is 0 Å². The van der Waals surface area contributed by atoms with Crippen LogP contribution in [0, 0.1) is 0 Å². The molecule has 8 heteroatoms. The van der Waals surface area contributed by atoms with Crippen molar-refractivity contribution in [3.8, 4) is 0 Å². The van der Waals surface area contributed by atoms with E-state index in [1.807, 2.05) is 0 Å². The Balaban J connectivity index is 2.79. The van der Waals surface area contributed by atoms with Crippen LogP contribution >= 0.6 is 0 Å². The Labute approximate surface area is 110 Å². The third-order valence-electron chi connectivity index (χ3n) is 2.39. The largest absolute Gasteiger partial charge is 0.457 e. The number of esters is 3. The minimum Gasteiger partial charge on any atom is -0.457 e. The fourth-order valence-electron chi connectivity index (χ4n) is 1.73. The van der Waals surface area contributed by atoms with Crippen molar-refractivity contribution in [2.45, 2.75) is 45.3 Å². The first-order valence-corrected chi connectivity index (χ1v) is 5.70. The third-order valence-corrected chi connectivity index (χ3v) is 2.39.